The van der Waals surface area contributed by atoms with Gasteiger partial charge in [0.15, 0.2) is 0 Å². The Bertz CT molecular complexity index is 1070. The molecule has 0 N–H and O–H groups in total. The fraction of sp³-hybridized carbons (Fsp3) is 0.423. The number of ether oxygens (including phenoxy) is 1. The van der Waals surface area contributed by atoms with Gasteiger partial charge in [-0.25, -0.2) is 0 Å². The Morgan fingerprint density at radius 1 is 1.09 bits per heavy atom. The molecule has 1 amide bonds. The Kier molecular flexibility index (Phi) is 7.46. The molecule has 2 aromatic rings. The number of fused-ring (bicyclic) bond motifs is 1. The molecule has 0 bridgehead atoms. The molecule has 2 heterocycles. The molecule has 4 rings (SSSR count). The minimum Gasteiger partial charge on any atom is -0.497 e. The maximum atomic E-state index is 12.9. The molecule has 174 valence electrons. The highest BCUT2D eigenvalue weighted by atomic mass is 35.5. The third kappa shape index (κ3) is 5.81. The van der Waals surface area contributed by atoms with Crippen molar-refractivity contribution in [1.82, 2.24) is 9.80 Å². The van der Waals surface area contributed by atoms with Crippen LogP contribution in [0.3, 0.4) is 0 Å². The van der Waals surface area contributed by atoms with Crippen LogP contribution in [0, 0.1) is 5.92 Å². The molecule has 6 nitrogen and oxygen atoms in total. The summed E-state index contributed by atoms with van der Waals surface area (Å²) >= 11 is 6.18. The highest BCUT2D eigenvalue weighted by Crippen LogP contribution is 2.23. The van der Waals surface area contributed by atoms with E-state index >= 15 is 0 Å². The van der Waals surface area contributed by atoms with Crippen molar-refractivity contribution in [2.24, 2.45) is 16.1 Å². The van der Waals surface area contributed by atoms with E-state index in [1.807, 2.05) is 35.2 Å². The topological polar surface area (TPSA) is 57.5 Å². The van der Waals surface area contributed by atoms with E-state index in [0.717, 1.165) is 61.9 Å². The van der Waals surface area contributed by atoms with Gasteiger partial charge >= 0.3 is 0 Å². The predicted molar refractivity (Wildman–Crippen MR) is 134 cm³/mol. The number of hydrogen-bond donors (Lipinski definition) is 0. The highest BCUT2D eigenvalue weighted by Gasteiger charge is 2.25. The number of piperidine rings is 1. The van der Waals surface area contributed by atoms with Crippen molar-refractivity contribution in [3.63, 3.8) is 0 Å². The summed E-state index contributed by atoms with van der Waals surface area (Å²) in [6.07, 6.45) is 2.59. The van der Waals surface area contributed by atoms with Crippen LogP contribution in [0.4, 0.5) is 0 Å². The van der Waals surface area contributed by atoms with Gasteiger partial charge in [0, 0.05) is 54.8 Å². The Hall–Kier alpha value is -2.70. The van der Waals surface area contributed by atoms with Crippen LogP contribution in [0.25, 0.3) is 0 Å². The van der Waals surface area contributed by atoms with Crippen LogP contribution in [0.5, 0.6) is 5.75 Å². The van der Waals surface area contributed by atoms with E-state index in [0.29, 0.717) is 17.2 Å². The van der Waals surface area contributed by atoms with Gasteiger partial charge in [-0.05, 0) is 68.3 Å². The summed E-state index contributed by atoms with van der Waals surface area (Å²) in [5, 5.41) is 10.0. The molecule has 0 atom stereocenters. The van der Waals surface area contributed by atoms with Gasteiger partial charge in [0.05, 0.1) is 12.8 Å². The highest BCUT2D eigenvalue weighted by molar-refractivity contribution is 6.30. The minimum absolute atomic E-state index is 0.0578. The van der Waals surface area contributed by atoms with Crippen LogP contribution in [-0.2, 0) is 13.0 Å². The summed E-state index contributed by atoms with van der Waals surface area (Å²) in [5.41, 5.74) is 5.29. The second-order valence-corrected chi connectivity index (χ2v) is 9.40. The number of rotatable bonds is 4. The quantitative estimate of drug-likeness (QED) is 0.484. The molecule has 1 saturated heterocycles. The number of halogens is 1. The zero-order valence-electron chi connectivity index (χ0n) is 19.6. The molecule has 33 heavy (non-hydrogen) atoms. The summed E-state index contributed by atoms with van der Waals surface area (Å²) in [6, 6.07) is 13.4. The molecule has 2 aromatic carbocycles. The van der Waals surface area contributed by atoms with E-state index in [2.05, 4.69) is 35.1 Å². The summed E-state index contributed by atoms with van der Waals surface area (Å²) in [4.78, 5) is 17.0. The molecule has 0 unspecified atom stereocenters. The standard InChI is InChI=1S/C26H31ClN4O2/c1-18(28-29-24-14-20-7-8-23(27)13-22(20)16-30(2)17-24)19-9-11-31(12-10-19)26(32)21-5-4-6-25(15-21)33-3/h4-8,13,15,19H,9-12,14,16-17H2,1-3H3/b28-18+,29-24+. The second-order valence-electron chi connectivity index (χ2n) is 8.97. The molecular weight excluding hydrogens is 436 g/mol. The maximum absolute atomic E-state index is 12.9. The minimum atomic E-state index is 0.0578. The van der Waals surface area contributed by atoms with Gasteiger partial charge in [-0.3, -0.25) is 9.69 Å². The van der Waals surface area contributed by atoms with Crippen LogP contribution in [0.15, 0.2) is 52.7 Å². The van der Waals surface area contributed by atoms with Crippen molar-refractivity contribution < 1.29 is 9.53 Å². The number of benzene rings is 2. The van der Waals surface area contributed by atoms with Gasteiger partial charge in [0.1, 0.15) is 5.75 Å². The first-order chi connectivity index (χ1) is 15.9. The van der Waals surface area contributed by atoms with Gasteiger partial charge in [0.25, 0.3) is 5.91 Å². The lowest BCUT2D eigenvalue weighted by Gasteiger charge is -2.32. The molecule has 0 aliphatic carbocycles. The third-order valence-electron chi connectivity index (χ3n) is 6.49. The number of carbonyl (C=O) groups is 1. The first-order valence-corrected chi connectivity index (χ1v) is 11.8. The van der Waals surface area contributed by atoms with Gasteiger partial charge in [-0.15, -0.1) is 0 Å². The number of likely N-dealkylation sites (tertiary alicyclic amines) is 1. The van der Waals surface area contributed by atoms with Crippen LogP contribution in [0.2, 0.25) is 5.02 Å². The zero-order chi connectivity index (χ0) is 23.4. The van der Waals surface area contributed by atoms with Gasteiger partial charge < -0.3 is 9.64 Å². The normalized spacial score (nSPS) is 19.3. The first kappa shape index (κ1) is 23.5. The lowest BCUT2D eigenvalue weighted by molar-refractivity contribution is 0.0709. The maximum Gasteiger partial charge on any atom is 0.253 e. The number of nitrogens with zero attached hydrogens (tertiary/aromatic N) is 4. The summed E-state index contributed by atoms with van der Waals surface area (Å²) in [5.74, 6) is 1.11. The van der Waals surface area contributed by atoms with Gasteiger partial charge in [0.2, 0.25) is 0 Å². The summed E-state index contributed by atoms with van der Waals surface area (Å²) in [7, 11) is 3.71. The smallest absolute Gasteiger partial charge is 0.253 e. The molecule has 2 aliphatic heterocycles. The fourth-order valence-corrected chi connectivity index (χ4v) is 4.78. The molecule has 0 saturated carbocycles. The summed E-state index contributed by atoms with van der Waals surface area (Å²) < 4.78 is 5.25. The molecule has 0 spiro atoms. The van der Waals surface area contributed by atoms with Crippen molar-refractivity contribution in [3.8, 4) is 5.75 Å². The second kappa shape index (κ2) is 10.5. The number of hydrogen-bond acceptors (Lipinski definition) is 5. The molecule has 7 heteroatoms. The molecular formula is C26H31ClN4O2. The van der Waals surface area contributed by atoms with E-state index in [4.69, 9.17) is 16.3 Å². The van der Waals surface area contributed by atoms with E-state index in [1.54, 1.807) is 13.2 Å². The average molecular weight is 467 g/mol. The predicted octanol–water partition coefficient (Wildman–Crippen LogP) is 4.71. The van der Waals surface area contributed by atoms with E-state index in [-0.39, 0.29) is 5.91 Å². The van der Waals surface area contributed by atoms with E-state index in [9.17, 15) is 4.79 Å². The molecule has 0 radical (unpaired) electrons. The van der Waals surface area contributed by atoms with Crippen molar-refractivity contribution in [2.75, 3.05) is 33.8 Å². The Balaban J connectivity index is 1.38. The lowest BCUT2D eigenvalue weighted by atomic mass is 9.92. The lowest BCUT2D eigenvalue weighted by Crippen LogP contribution is -2.39. The fourth-order valence-electron chi connectivity index (χ4n) is 4.59. The van der Waals surface area contributed by atoms with Crippen molar-refractivity contribution in [3.05, 3.63) is 64.2 Å². The summed E-state index contributed by atoms with van der Waals surface area (Å²) in [6.45, 7) is 5.15. The van der Waals surface area contributed by atoms with Crippen LogP contribution in [0.1, 0.15) is 41.3 Å². The zero-order valence-corrected chi connectivity index (χ0v) is 20.3. The third-order valence-corrected chi connectivity index (χ3v) is 6.73. The number of carbonyl (C=O) groups excluding carboxylic acids is 1. The van der Waals surface area contributed by atoms with Crippen LogP contribution < -0.4 is 4.74 Å². The van der Waals surface area contributed by atoms with Crippen molar-refractivity contribution >= 4 is 28.9 Å². The van der Waals surface area contributed by atoms with Gasteiger partial charge in [-0.2, -0.15) is 10.2 Å². The Morgan fingerprint density at radius 2 is 1.88 bits per heavy atom. The number of amides is 1. The first-order valence-electron chi connectivity index (χ1n) is 11.4. The average Bonchev–Trinajstić information content (AvgIpc) is 2.99. The Morgan fingerprint density at radius 3 is 2.64 bits per heavy atom. The van der Waals surface area contributed by atoms with Gasteiger partial charge in [-0.1, -0.05) is 23.7 Å². The molecule has 0 aromatic heterocycles. The number of methoxy groups -OCH3 is 1. The van der Waals surface area contributed by atoms with Crippen molar-refractivity contribution in [1.29, 1.82) is 0 Å². The SMILES string of the molecule is COc1cccc(C(=O)N2CCC(/C(C)=N/N=C3\Cc4ccc(Cl)cc4CN(C)C3)CC2)c1. The largest absolute Gasteiger partial charge is 0.497 e. The Labute approximate surface area is 200 Å². The van der Waals surface area contributed by atoms with Crippen molar-refractivity contribution in [2.45, 2.75) is 32.7 Å². The van der Waals surface area contributed by atoms with Crippen LogP contribution in [-0.4, -0.2) is 60.9 Å². The van der Waals surface area contributed by atoms with E-state index in [1.165, 1.54) is 11.1 Å². The molecule has 1 fully saturated rings. The van der Waals surface area contributed by atoms with E-state index < -0.39 is 0 Å². The van der Waals surface area contributed by atoms with Crippen LogP contribution >= 0.6 is 11.6 Å². The molecule has 2 aliphatic rings. The monoisotopic (exact) mass is 466 g/mol.